The minimum absolute atomic E-state index is 0.722. The van der Waals surface area contributed by atoms with Crippen molar-refractivity contribution in [2.75, 3.05) is 6.54 Å². The molecule has 1 saturated carbocycles. The molecule has 2 aliphatic rings. The Morgan fingerprint density at radius 2 is 1.65 bits per heavy atom. The molecule has 0 spiro atoms. The van der Waals surface area contributed by atoms with Gasteiger partial charge in [-0.1, -0.05) is 64.0 Å². The Bertz CT molecular complexity index is 283. The Morgan fingerprint density at radius 1 is 0.950 bits per heavy atom. The van der Waals surface area contributed by atoms with Crippen molar-refractivity contribution in [3.8, 4) is 0 Å². The Labute approximate surface area is 126 Å². The highest BCUT2D eigenvalue weighted by Crippen LogP contribution is 2.44. The minimum atomic E-state index is 0.722. The van der Waals surface area contributed by atoms with Crippen molar-refractivity contribution < 1.29 is 0 Å². The van der Waals surface area contributed by atoms with Gasteiger partial charge >= 0.3 is 0 Å². The van der Waals surface area contributed by atoms with Crippen LogP contribution in [0.4, 0.5) is 0 Å². The SMILES string of the molecule is CCCCCCCCCCNC(C)C1CC2C=CC1C2. The van der Waals surface area contributed by atoms with E-state index in [2.05, 4.69) is 31.3 Å². The summed E-state index contributed by atoms with van der Waals surface area (Å²) >= 11 is 0. The molecular weight excluding hydrogens is 242 g/mol. The van der Waals surface area contributed by atoms with Crippen LogP contribution >= 0.6 is 0 Å². The molecule has 2 rings (SSSR count). The van der Waals surface area contributed by atoms with E-state index < -0.39 is 0 Å². The molecule has 0 saturated heterocycles. The summed E-state index contributed by atoms with van der Waals surface area (Å²) in [7, 11) is 0. The molecule has 0 aromatic rings. The van der Waals surface area contributed by atoms with E-state index in [9.17, 15) is 0 Å². The van der Waals surface area contributed by atoms with Crippen molar-refractivity contribution in [3.05, 3.63) is 12.2 Å². The van der Waals surface area contributed by atoms with Crippen molar-refractivity contribution in [2.24, 2.45) is 17.8 Å². The molecule has 20 heavy (non-hydrogen) atoms. The third-order valence-electron chi connectivity index (χ3n) is 5.47. The highest BCUT2D eigenvalue weighted by atomic mass is 14.9. The van der Waals surface area contributed by atoms with Gasteiger partial charge < -0.3 is 5.32 Å². The number of rotatable bonds is 11. The van der Waals surface area contributed by atoms with Gasteiger partial charge in [0.2, 0.25) is 0 Å². The molecule has 1 heteroatoms. The maximum absolute atomic E-state index is 3.79. The topological polar surface area (TPSA) is 12.0 Å². The van der Waals surface area contributed by atoms with Crippen LogP contribution in [-0.4, -0.2) is 12.6 Å². The molecule has 0 aromatic heterocycles. The fraction of sp³-hybridized carbons (Fsp3) is 0.895. The predicted octanol–water partition coefficient (Wildman–Crippen LogP) is 5.32. The van der Waals surface area contributed by atoms with E-state index in [4.69, 9.17) is 0 Å². The average molecular weight is 277 g/mol. The van der Waals surface area contributed by atoms with Gasteiger partial charge in [-0.15, -0.1) is 0 Å². The second kappa shape index (κ2) is 8.87. The van der Waals surface area contributed by atoms with E-state index >= 15 is 0 Å². The molecule has 0 amide bonds. The van der Waals surface area contributed by atoms with Crippen LogP contribution in [0.5, 0.6) is 0 Å². The second-order valence-corrected chi connectivity index (χ2v) is 7.16. The molecule has 2 bridgehead atoms. The maximum Gasteiger partial charge on any atom is 0.00728 e. The van der Waals surface area contributed by atoms with Crippen LogP contribution in [0.3, 0.4) is 0 Å². The number of hydrogen-bond acceptors (Lipinski definition) is 1. The van der Waals surface area contributed by atoms with Gasteiger partial charge in [0.25, 0.3) is 0 Å². The Morgan fingerprint density at radius 3 is 2.25 bits per heavy atom. The van der Waals surface area contributed by atoms with Crippen LogP contribution in [0.25, 0.3) is 0 Å². The molecule has 4 unspecified atom stereocenters. The lowest BCUT2D eigenvalue weighted by Gasteiger charge is -2.26. The molecular formula is C19H35N. The van der Waals surface area contributed by atoms with Crippen molar-refractivity contribution in [3.63, 3.8) is 0 Å². The standard InChI is InChI=1S/C19H35N/c1-3-4-5-6-7-8-9-10-13-20-16(2)19-15-17-11-12-18(19)14-17/h11-12,16-20H,3-10,13-15H2,1-2H3. The van der Waals surface area contributed by atoms with Gasteiger partial charge in [0.1, 0.15) is 0 Å². The van der Waals surface area contributed by atoms with Gasteiger partial charge in [-0.05, 0) is 50.5 Å². The summed E-state index contributed by atoms with van der Waals surface area (Å²) in [5.41, 5.74) is 0. The maximum atomic E-state index is 3.79. The van der Waals surface area contributed by atoms with Crippen molar-refractivity contribution >= 4 is 0 Å². The van der Waals surface area contributed by atoms with E-state index in [-0.39, 0.29) is 0 Å². The normalized spacial score (nSPS) is 29.2. The van der Waals surface area contributed by atoms with Crippen molar-refractivity contribution in [1.82, 2.24) is 5.32 Å². The third kappa shape index (κ3) is 4.91. The Balaban J connectivity index is 1.42. The summed E-state index contributed by atoms with van der Waals surface area (Å²) in [6.45, 7) is 5.93. The molecule has 1 nitrogen and oxygen atoms in total. The molecule has 1 fully saturated rings. The highest BCUT2D eigenvalue weighted by molar-refractivity contribution is 5.11. The average Bonchev–Trinajstić information content (AvgIpc) is 3.08. The molecule has 0 radical (unpaired) electrons. The monoisotopic (exact) mass is 277 g/mol. The quantitative estimate of drug-likeness (QED) is 0.398. The van der Waals surface area contributed by atoms with E-state index in [0.717, 1.165) is 23.8 Å². The number of fused-ring (bicyclic) bond motifs is 2. The van der Waals surface area contributed by atoms with Crippen LogP contribution in [0.2, 0.25) is 0 Å². The van der Waals surface area contributed by atoms with E-state index in [1.54, 1.807) is 0 Å². The number of unbranched alkanes of at least 4 members (excludes halogenated alkanes) is 7. The van der Waals surface area contributed by atoms with E-state index in [1.165, 1.54) is 70.8 Å². The summed E-state index contributed by atoms with van der Waals surface area (Å²) in [5, 5.41) is 3.79. The smallest absolute Gasteiger partial charge is 0.00728 e. The molecule has 2 aliphatic carbocycles. The molecule has 0 aliphatic heterocycles. The zero-order valence-corrected chi connectivity index (χ0v) is 13.7. The largest absolute Gasteiger partial charge is 0.314 e. The van der Waals surface area contributed by atoms with Crippen molar-refractivity contribution in [2.45, 2.75) is 84.1 Å². The lowest BCUT2D eigenvalue weighted by Crippen LogP contribution is -2.36. The number of allylic oxidation sites excluding steroid dienone is 2. The van der Waals surface area contributed by atoms with Gasteiger partial charge in [0, 0.05) is 6.04 Å². The lowest BCUT2D eigenvalue weighted by atomic mass is 9.87. The summed E-state index contributed by atoms with van der Waals surface area (Å²) in [4.78, 5) is 0. The third-order valence-corrected chi connectivity index (χ3v) is 5.47. The molecule has 0 aromatic carbocycles. The zero-order valence-electron chi connectivity index (χ0n) is 13.7. The van der Waals surface area contributed by atoms with Crippen LogP contribution < -0.4 is 5.32 Å². The first kappa shape index (κ1) is 16.1. The highest BCUT2D eigenvalue weighted by Gasteiger charge is 2.38. The minimum Gasteiger partial charge on any atom is -0.314 e. The lowest BCUT2D eigenvalue weighted by molar-refractivity contribution is 0.325. The summed E-state index contributed by atoms with van der Waals surface area (Å²) in [6.07, 6.45) is 19.2. The molecule has 116 valence electrons. The van der Waals surface area contributed by atoms with Gasteiger partial charge in [-0.3, -0.25) is 0 Å². The summed E-state index contributed by atoms with van der Waals surface area (Å²) in [5.74, 6) is 2.72. The molecule has 4 atom stereocenters. The summed E-state index contributed by atoms with van der Waals surface area (Å²) < 4.78 is 0. The second-order valence-electron chi connectivity index (χ2n) is 7.16. The first-order chi connectivity index (χ1) is 9.81. The Kier molecular flexibility index (Phi) is 7.13. The first-order valence-electron chi connectivity index (χ1n) is 9.23. The van der Waals surface area contributed by atoms with Gasteiger partial charge in [0.05, 0.1) is 0 Å². The predicted molar refractivity (Wildman–Crippen MR) is 88.9 cm³/mol. The van der Waals surface area contributed by atoms with Gasteiger partial charge in [-0.2, -0.15) is 0 Å². The zero-order chi connectivity index (χ0) is 14.2. The molecule has 1 N–H and O–H groups in total. The van der Waals surface area contributed by atoms with Crippen LogP contribution in [0.15, 0.2) is 12.2 Å². The van der Waals surface area contributed by atoms with Crippen LogP contribution in [0.1, 0.15) is 78.1 Å². The van der Waals surface area contributed by atoms with Crippen molar-refractivity contribution in [1.29, 1.82) is 0 Å². The number of hydrogen-bond donors (Lipinski definition) is 1. The first-order valence-corrected chi connectivity index (χ1v) is 9.23. The van der Waals surface area contributed by atoms with E-state index in [0.29, 0.717) is 0 Å². The van der Waals surface area contributed by atoms with Crippen LogP contribution in [0, 0.1) is 17.8 Å². The van der Waals surface area contributed by atoms with Gasteiger partial charge in [0.15, 0.2) is 0 Å². The fourth-order valence-electron chi connectivity index (χ4n) is 4.14. The van der Waals surface area contributed by atoms with Crippen LogP contribution in [-0.2, 0) is 0 Å². The van der Waals surface area contributed by atoms with Gasteiger partial charge in [-0.25, -0.2) is 0 Å². The summed E-state index contributed by atoms with van der Waals surface area (Å²) in [6, 6.07) is 0.722. The Hall–Kier alpha value is -0.300. The number of nitrogens with one attached hydrogen (secondary N) is 1. The van der Waals surface area contributed by atoms with E-state index in [1.807, 2.05) is 0 Å². The fourth-order valence-corrected chi connectivity index (χ4v) is 4.14. The molecule has 0 heterocycles.